The standard InChI is InChI=1S/C9H19NO2S/c1-7(2)10(5-4-6-11)9(12)8(3)13/h7-8,11,13H,4-6H2,1-3H3. The normalized spacial score (nSPS) is 13.1. The maximum absolute atomic E-state index is 11.6. The number of thiol groups is 1. The van der Waals surface area contributed by atoms with Gasteiger partial charge in [0, 0.05) is 19.2 Å². The van der Waals surface area contributed by atoms with Crippen LogP contribution in [0.3, 0.4) is 0 Å². The lowest BCUT2D eigenvalue weighted by atomic mass is 10.2. The minimum Gasteiger partial charge on any atom is -0.396 e. The van der Waals surface area contributed by atoms with Crippen molar-refractivity contribution in [3.8, 4) is 0 Å². The molecule has 0 aromatic carbocycles. The molecule has 4 heteroatoms. The van der Waals surface area contributed by atoms with Crippen molar-refractivity contribution in [2.75, 3.05) is 13.2 Å². The molecule has 1 N–H and O–H groups in total. The summed E-state index contributed by atoms with van der Waals surface area (Å²) in [6, 6.07) is 0.175. The van der Waals surface area contributed by atoms with E-state index in [1.165, 1.54) is 0 Å². The van der Waals surface area contributed by atoms with E-state index in [-0.39, 0.29) is 23.8 Å². The second kappa shape index (κ2) is 6.27. The lowest BCUT2D eigenvalue weighted by Crippen LogP contribution is -2.41. The Morgan fingerprint density at radius 3 is 2.31 bits per heavy atom. The molecule has 1 atom stereocenters. The second-order valence-electron chi connectivity index (χ2n) is 3.38. The predicted molar refractivity (Wildman–Crippen MR) is 57.0 cm³/mol. The molecule has 0 bridgehead atoms. The summed E-state index contributed by atoms with van der Waals surface area (Å²) in [7, 11) is 0. The molecular formula is C9H19NO2S. The van der Waals surface area contributed by atoms with Gasteiger partial charge in [0.2, 0.25) is 5.91 Å². The first-order valence-electron chi connectivity index (χ1n) is 4.60. The first kappa shape index (κ1) is 12.8. The maximum atomic E-state index is 11.6. The van der Waals surface area contributed by atoms with Crippen LogP contribution >= 0.6 is 12.6 Å². The predicted octanol–water partition coefficient (Wildman–Crippen LogP) is 0.924. The Labute approximate surface area is 85.5 Å². The van der Waals surface area contributed by atoms with E-state index >= 15 is 0 Å². The van der Waals surface area contributed by atoms with E-state index in [0.29, 0.717) is 13.0 Å². The average molecular weight is 205 g/mol. The molecule has 0 saturated carbocycles. The monoisotopic (exact) mass is 205 g/mol. The molecule has 0 spiro atoms. The van der Waals surface area contributed by atoms with Crippen LogP contribution in [0.25, 0.3) is 0 Å². The van der Waals surface area contributed by atoms with Crippen LogP contribution in [-0.2, 0) is 4.79 Å². The molecule has 0 aliphatic carbocycles. The van der Waals surface area contributed by atoms with Crippen LogP contribution in [0.1, 0.15) is 27.2 Å². The first-order chi connectivity index (χ1) is 6.00. The van der Waals surface area contributed by atoms with Gasteiger partial charge >= 0.3 is 0 Å². The fourth-order valence-electron chi connectivity index (χ4n) is 1.10. The van der Waals surface area contributed by atoms with Gasteiger partial charge in [-0.05, 0) is 27.2 Å². The summed E-state index contributed by atoms with van der Waals surface area (Å²) in [6.07, 6.45) is 0.629. The van der Waals surface area contributed by atoms with E-state index < -0.39 is 0 Å². The summed E-state index contributed by atoms with van der Waals surface area (Å²) >= 11 is 4.10. The Kier molecular flexibility index (Phi) is 6.16. The van der Waals surface area contributed by atoms with Crippen LogP contribution in [0.4, 0.5) is 0 Å². The van der Waals surface area contributed by atoms with Gasteiger partial charge < -0.3 is 10.0 Å². The molecule has 0 aromatic heterocycles. The summed E-state index contributed by atoms with van der Waals surface area (Å²) in [6.45, 7) is 6.42. The van der Waals surface area contributed by atoms with Crippen molar-refractivity contribution in [2.45, 2.75) is 38.5 Å². The molecule has 0 radical (unpaired) electrons. The molecule has 3 nitrogen and oxygen atoms in total. The Morgan fingerprint density at radius 2 is 2.00 bits per heavy atom. The summed E-state index contributed by atoms with van der Waals surface area (Å²) in [5.74, 6) is 0.0341. The van der Waals surface area contributed by atoms with Crippen LogP contribution in [0.5, 0.6) is 0 Å². The average Bonchev–Trinajstić information content (AvgIpc) is 2.04. The molecule has 0 heterocycles. The van der Waals surface area contributed by atoms with Crippen LogP contribution < -0.4 is 0 Å². The van der Waals surface area contributed by atoms with E-state index in [4.69, 9.17) is 5.11 Å². The highest BCUT2D eigenvalue weighted by molar-refractivity contribution is 7.81. The summed E-state index contributed by atoms with van der Waals surface area (Å²) in [5.41, 5.74) is 0. The first-order valence-corrected chi connectivity index (χ1v) is 5.11. The van der Waals surface area contributed by atoms with Gasteiger partial charge in [-0.2, -0.15) is 12.6 Å². The maximum Gasteiger partial charge on any atom is 0.235 e. The van der Waals surface area contributed by atoms with E-state index in [9.17, 15) is 4.79 Å². The van der Waals surface area contributed by atoms with Crippen molar-refractivity contribution in [3.05, 3.63) is 0 Å². The van der Waals surface area contributed by atoms with Crippen LogP contribution in [0.2, 0.25) is 0 Å². The van der Waals surface area contributed by atoms with E-state index in [1.54, 1.807) is 11.8 Å². The van der Waals surface area contributed by atoms with Gasteiger partial charge in [0.15, 0.2) is 0 Å². The van der Waals surface area contributed by atoms with Gasteiger partial charge in [0.05, 0.1) is 5.25 Å². The number of aliphatic hydroxyl groups excluding tert-OH is 1. The SMILES string of the molecule is CC(S)C(=O)N(CCCO)C(C)C. The minimum atomic E-state index is -0.263. The number of amides is 1. The molecule has 0 rings (SSSR count). The van der Waals surface area contributed by atoms with Crippen molar-refractivity contribution in [3.63, 3.8) is 0 Å². The van der Waals surface area contributed by atoms with Crippen molar-refractivity contribution >= 4 is 18.5 Å². The number of carbonyl (C=O) groups excluding carboxylic acids is 1. The molecule has 0 aromatic rings. The largest absolute Gasteiger partial charge is 0.396 e. The fourth-order valence-corrected chi connectivity index (χ4v) is 1.25. The molecule has 0 aliphatic rings. The quantitative estimate of drug-likeness (QED) is 0.655. The van der Waals surface area contributed by atoms with Gasteiger partial charge in [0.25, 0.3) is 0 Å². The Balaban J connectivity index is 4.16. The molecule has 13 heavy (non-hydrogen) atoms. The topological polar surface area (TPSA) is 40.5 Å². The van der Waals surface area contributed by atoms with Crippen LogP contribution in [-0.4, -0.2) is 40.4 Å². The molecule has 0 saturated heterocycles. The van der Waals surface area contributed by atoms with Crippen LogP contribution in [0.15, 0.2) is 0 Å². The number of rotatable bonds is 5. The lowest BCUT2D eigenvalue weighted by molar-refractivity contribution is -0.132. The molecule has 0 aliphatic heterocycles. The zero-order valence-corrected chi connectivity index (χ0v) is 9.42. The zero-order chi connectivity index (χ0) is 10.4. The van der Waals surface area contributed by atoms with Crippen molar-refractivity contribution in [1.29, 1.82) is 0 Å². The zero-order valence-electron chi connectivity index (χ0n) is 8.53. The third-order valence-electron chi connectivity index (χ3n) is 1.82. The molecule has 0 fully saturated rings. The Bertz CT molecular complexity index is 160. The van der Waals surface area contributed by atoms with Gasteiger partial charge in [-0.3, -0.25) is 4.79 Å². The highest BCUT2D eigenvalue weighted by Gasteiger charge is 2.19. The van der Waals surface area contributed by atoms with Crippen molar-refractivity contribution in [2.24, 2.45) is 0 Å². The van der Waals surface area contributed by atoms with Gasteiger partial charge in [-0.15, -0.1) is 0 Å². The Morgan fingerprint density at radius 1 is 1.46 bits per heavy atom. The molecule has 1 amide bonds. The van der Waals surface area contributed by atoms with E-state index in [0.717, 1.165) is 0 Å². The third kappa shape index (κ3) is 4.52. The van der Waals surface area contributed by atoms with Gasteiger partial charge in [-0.25, -0.2) is 0 Å². The Hall–Kier alpha value is -0.220. The summed E-state index contributed by atoms with van der Waals surface area (Å²) < 4.78 is 0. The van der Waals surface area contributed by atoms with Gasteiger partial charge in [0.1, 0.15) is 0 Å². The summed E-state index contributed by atoms with van der Waals surface area (Å²) in [5, 5.41) is 8.40. The van der Waals surface area contributed by atoms with Crippen molar-refractivity contribution < 1.29 is 9.90 Å². The van der Waals surface area contributed by atoms with Crippen LogP contribution in [0, 0.1) is 0 Å². The van der Waals surface area contributed by atoms with Gasteiger partial charge in [-0.1, -0.05) is 0 Å². The number of nitrogens with zero attached hydrogens (tertiary/aromatic N) is 1. The second-order valence-corrected chi connectivity index (χ2v) is 4.15. The fraction of sp³-hybridized carbons (Fsp3) is 0.889. The highest BCUT2D eigenvalue weighted by Crippen LogP contribution is 2.06. The number of hydrogen-bond donors (Lipinski definition) is 2. The van der Waals surface area contributed by atoms with E-state index in [2.05, 4.69) is 12.6 Å². The number of hydrogen-bond acceptors (Lipinski definition) is 3. The minimum absolute atomic E-state index is 0.0341. The smallest absolute Gasteiger partial charge is 0.235 e. The van der Waals surface area contributed by atoms with E-state index in [1.807, 2.05) is 13.8 Å². The van der Waals surface area contributed by atoms with Crippen molar-refractivity contribution in [1.82, 2.24) is 4.90 Å². The number of carbonyl (C=O) groups is 1. The summed E-state index contributed by atoms with van der Waals surface area (Å²) in [4.78, 5) is 13.3. The third-order valence-corrected chi connectivity index (χ3v) is 2.04. The molecule has 1 unspecified atom stereocenters. The lowest BCUT2D eigenvalue weighted by Gasteiger charge is -2.27. The number of aliphatic hydroxyl groups is 1. The molecule has 78 valence electrons. The molecular weight excluding hydrogens is 186 g/mol. The highest BCUT2D eigenvalue weighted by atomic mass is 32.1.